The summed E-state index contributed by atoms with van der Waals surface area (Å²) in [4.78, 5) is 30.2. The Morgan fingerprint density at radius 1 is 1.03 bits per heavy atom. The lowest BCUT2D eigenvalue weighted by Gasteiger charge is -2.37. The van der Waals surface area contributed by atoms with Crippen molar-refractivity contribution in [2.24, 2.45) is 5.92 Å². The number of hydrogen-bond acceptors (Lipinski definition) is 5. The van der Waals surface area contributed by atoms with Gasteiger partial charge in [-0.15, -0.1) is 0 Å². The number of piperidine rings is 1. The van der Waals surface area contributed by atoms with Crippen LogP contribution in [0.25, 0.3) is 0 Å². The minimum Gasteiger partial charge on any atom is -0.454 e. The van der Waals surface area contributed by atoms with Gasteiger partial charge in [-0.05, 0) is 80.1 Å². The van der Waals surface area contributed by atoms with Crippen LogP contribution in [0.1, 0.15) is 45.5 Å². The van der Waals surface area contributed by atoms with Crippen molar-refractivity contribution in [1.82, 2.24) is 15.1 Å². The highest BCUT2D eigenvalue weighted by Gasteiger charge is 2.31. The number of hydrogen-bond donors (Lipinski definition) is 1. The first-order chi connectivity index (χ1) is 16.5. The maximum atomic E-state index is 13.3. The summed E-state index contributed by atoms with van der Waals surface area (Å²) in [6.07, 6.45) is 2.88. The maximum Gasteiger partial charge on any atom is 0.251 e. The van der Waals surface area contributed by atoms with Gasteiger partial charge in [-0.25, -0.2) is 0 Å². The molecule has 0 unspecified atom stereocenters. The predicted octanol–water partition coefficient (Wildman–Crippen LogP) is 3.06. The molecule has 3 heterocycles. The fourth-order valence-electron chi connectivity index (χ4n) is 5.23. The highest BCUT2D eigenvalue weighted by Crippen LogP contribution is 2.32. The molecule has 3 aliphatic heterocycles. The molecule has 1 atom stereocenters. The molecule has 2 aromatic rings. The predicted molar refractivity (Wildman–Crippen MR) is 129 cm³/mol. The standard InChI is InChI=1S/C27H33N3O4/c1-18-12-20-7-10-30(16-23(20)13-19(18)2)27(32)22-4-3-9-29(15-22)11-8-28-26(31)21-5-6-24-25(14-21)34-17-33-24/h5-6,12-14,22H,3-4,7-11,15-17H2,1-2H3,(H,28,31)/t22-/m0/s1. The largest absolute Gasteiger partial charge is 0.454 e. The van der Waals surface area contributed by atoms with Gasteiger partial charge in [0.2, 0.25) is 12.7 Å². The van der Waals surface area contributed by atoms with Crippen molar-refractivity contribution < 1.29 is 19.1 Å². The van der Waals surface area contributed by atoms with Crippen molar-refractivity contribution in [2.75, 3.05) is 39.5 Å². The fourth-order valence-corrected chi connectivity index (χ4v) is 5.23. The number of nitrogens with zero attached hydrogens (tertiary/aromatic N) is 2. The maximum absolute atomic E-state index is 13.3. The summed E-state index contributed by atoms with van der Waals surface area (Å²) in [5.41, 5.74) is 5.86. The SMILES string of the molecule is Cc1cc2c(cc1C)CN(C(=O)[C@H]1CCCN(CCNC(=O)c3ccc4c(c3)OCO4)C1)CC2. The summed E-state index contributed by atoms with van der Waals surface area (Å²) in [6, 6.07) is 9.76. The van der Waals surface area contributed by atoms with Crippen molar-refractivity contribution >= 4 is 11.8 Å². The Balaban J connectivity index is 1.12. The van der Waals surface area contributed by atoms with Crippen LogP contribution in [0.5, 0.6) is 11.5 Å². The molecule has 0 aromatic heterocycles. The molecular weight excluding hydrogens is 430 g/mol. The molecule has 1 fully saturated rings. The Kier molecular flexibility index (Phi) is 6.46. The van der Waals surface area contributed by atoms with Crippen LogP contribution in [0.3, 0.4) is 0 Å². The molecule has 1 N–H and O–H groups in total. The first kappa shape index (κ1) is 22.7. The molecule has 0 aliphatic carbocycles. The van der Waals surface area contributed by atoms with Crippen LogP contribution in [0, 0.1) is 19.8 Å². The monoisotopic (exact) mass is 463 g/mol. The zero-order chi connectivity index (χ0) is 23.7. The Morgan fingerprint density at radius 2 is 1.82 bits per heavy atom. The van der Waals surface area contributed by atoms with Crippen molar-refractivity contribution in [1.29, 1.82) is 0 Å². The van der Waals surface area contributed by atoms with Crippen LogP contribution in [0.2, 0.25) is 0 Å². The van der Waals surface area contributed by atoms with Crippen LogP contribution in [0.15, 0.2) is 30.3 Å². The Bertz CT molecular complexity index is 1100. The number of benzene rings is 2. The van der Waals surface area contributed by atoms with E-state index in [4.69, 9.17) is 9.47 Å². The van der Waals surface area contributed by atoms with Gasteiger partial charge in [0.05, 0.1) is 5.92 Å². The average molecular weight is 464 g/mol. The van der Waals surface area contributed by atoms with Gasteiger partial charge in [0.1, 0.15) is 0 Å². The number of nitrogens with one attached hydrogen (secondary N) is 1. The zero-order valence-electron chi connectivity index (χ0n) is 20.1. The number of aryl methyl sites for hydroxylation is 2. The molecule has 3 aliphatic rings. The second-order valence-corrected chi connectivity index (χ2v) is 9.68. The first-order valence-corrected chi connectivity index (χ1v) is 12.3. The average Bonchev–Trinajstić information content (AvgIpc) is 3.32. The summed E-state index contributed by atoms with van der Waals surface area (Å²) in [5.74, 6) is 1.46. The topological polar surface area (TPSA) is 71.1 Å². The molecular formula is C27H33N3O4. The van der Waals surface area contributed by atoms with Crippen LogP contribution in [-0.4, -0.2) is 61.1 Å². The zero-order valence-corrected chi connectivity index (χ0v) is 20.1. The van der Waals surface area contributed by atoms with Gasteiger partial charge in [-0.2, -0.15) is 0 Å². The number of amides is 2. The fraction of sp³-hybridized carbons (Fsp3) is 0.481. The smallest absolute Gasteiger partial charge is 0.251 e. The van der Waals surface area contributed by atoms with Gasteiger partial charge in [-0.1, -0.05) is 12.1 Å². The summed E-state index contributed by atoms with van der Waals surface area (Å²) >= 11 is 0. The first-order valence-electron chi connectivity index (χ1n) is 12.3. The Hall–Kier alpha value is -3.06. The Morgan fingerprint density at radius 3 is 2.68 bits per heavy atom. The van der Waals surface area contributed by atoms with Gasteiger partial charge in [0, 0.05) is 38.3 Å². The molecule has 180 valence electrons. The highest BCUT2D eigenvalue weighted by molar-refractivity contribution is 5.94. The summed E-state index contributed by atoms with van der Waals surface area (Å²) in [5, 5.41) is 2.99. The van der Waals surface area contributed by atoms with Gasteiger partial charge in [0.25, 0.3) is 5.91 Å². The molecule has 0 bridgehead atoms. The van der Waals surface area contributed by atoms with E-state index in [0.717, 1.165) is 52.0 Å². The summed E-state index contributed by atoms with van der Waals surface area (Å²) in [7, 11) is 0. The number of fused-ring (bicyclic) bond motifs is 2. The van der Waals surface area contributed by atoms with Crippen molar-refractivity contribution in [2.45, 2.75) is 39.7 Å². The molecule has 0 radical (unpaired) electrons. The molecule has 7 nitrogen and oxygen atoms in total. The van der Waals surface area contributed by atoms with Gasteiger partial charge in [0.15, 0.2) is 11.5 Å². The minimum absolute atomic E-state index is 0.0337. The number of carbonyl (C=O) groups is 2. The second kappa shape index (κ2) is 9.66. The highest BCUT2D eigenvalue weighted by atomic mass is 16.7. The quantitative estimate of drug-likeness (QED) is 0.738. The molecule has 34 heavy (non-hydrogen) atoms. The lowest BCUT2D eigenvalue weighted by molar-refractivity contribution is -0.138. The molecule has 1 saturated heterocycles. The van der Waals surface area contributed by atoms with E-state index >= 15 is 0 Å². The number of carbonyl (C=O) groups excluding carboxylic acids is 2. The number of rotatable bonds is 5. The van der Waals surface area contributed by atoms with Crippen molar-refractivity contribution in [3.63, 3.8) is 0 Å². The summed E-state index contributed by atoms with van der Waals surface area (Å²) < 4.78 is 10.7. The summed E-state index contributed by atoms with van der Waals surface area (Å²) in [6.45, 7) is 9.01. The molecule has 0 saturated carbocycles. The second-order valence-electron chi connectivity index (χ2n) is 9.68. The third-order valence-corrected chi connectivity index (χ3v) is 7.34. The molecule has 2 amide bonds. The van der Waals surface area contributed by atoms with E-state index in [9.17, 15) is 9.59 Å². The Labute approximate surface area is 201 Å². The van der Waals surface area contributed by atoms with Gasteiger partial charge >= 0.3 is 0 Å². The van der Waals surface area contributed by atoms with E-state index in [-0.39, 0.29) is 24.5 Å². The van der Waals surface area contributed by atoms with E-state index in [2.05, 4.69) is 36.2 Å². The van der Waals surface area contributed by atoms with Crippen molar-refractivity contribution in [3.05, 3.63) is 58.1 Å². The molecule has 5 rings (SSSR count). The molecule has 2 aromatic carbocycles. The van der Waals surface area contributed by atoms with Crippen molar-refractivity contribution in [3.8, 4) is 11.5 Å². The number of ether oxygens (including phenoxy) is 2. The molecule has 0 spiro atoms. The van der Waals surface area contributed by atoms with Crippen LogP contribution in [0.4, 0.5) is 0 Å². The lowest BCUT2D eigenvalue weighted by Crippen LogP contribution is -2.47. The van der Waals surface area contributed by atoms with E-state index in [1.807, 2.05) is 4.90 Å². The minimum atomic E-state index is -0.125. The van der Waals surface area contributed by atoms with Gasteiger partial charge in [-0.3, -0.25) is 9.59 Å². The van der Waals surface area contributed by atoms with E-state index in [1.165, 1.54) is 22.3 Å². The van der Waals surface area contributed by atoms with E-state index < -0.39 is 0 Å². The third kappa shape index (κ3) is 4.75. The number of likely N-dealkylation sites (tertiary alicyclic amines) is 1. The van der Waals surface area contributed by atoms with Gasteiger partial charge < -0.3 is 24.6 Å². The van der Waals surface area contributed by atoms with Crippen LogP contribution >= 0.6 is 0 Å². The molecule has 7 heteroatoms. The normalized spacial score (nSPS) is 19.6. The van der Waals surface area contributed by atoms with E-state index in [1.54, 1.807) is 18.2 Å². The third-order valence-electron chi connectivity index (χ3n) is 7.34. The van der Waals surface area contributed by atoms with Crippen LogP contribution in [-0.2, 0) is 17.8 Å². The van der Waals surface area contributed by atoms with E-state index in [0.29, 0.717) is 23.6 Å². The van der Waals surface area contributed by atoms with Crippen LogP contribution < -0.4 is 14.8 Å². The lowest BCUT2D eigenvalue weighted by atomic mass is 9.92.